The van der Waals surface area contributed by atoms with Crippen molar-refractivity contribution in [3.8, 4) is 0 Å². The van der Waals surface area contributed by atoms with Crippen LogP contribution in [0.1, 0.15) is 25.7 Å². The molecule has 0 aromatic heterocycles. The molecular formula is C12H20N2O3S2. The molecule has 1 saturated heterocycles. The molecule has 1 atom stereocenters. The van der Waals surface area contributed by atoms with Crippen LogP contribution in [0.25, 0.3) is 0 Å². The van der Waals surface area contributed by atoms with Crippen molar-refractivity contribution in [2.45, 2.75) is 36.5 Å². The number of amides is 2. The summed E-state index contributed by atoms with van der Waals surface area (Å²) in [5.74, 6) is 0.0338. The molecule has 1 aliphatic heterocycles. The minimum atomic E-state index is -0.916. The normalized spacial score (nSPS) is 25.5. The molecule has 2 N–H and O–H groups in total. The fourth-order valence-electron chi connectivity index (χ4n) is 2.66. The van der Waals surface area contributed by atoms with E-state index in [1.807, 2.05) is 11.8 Å². The Morgan fingerprint density at radius 1 is 1.47 bits per heavy atom. The lowest BCUT2D eigenvalue weighted by Crippen LogP contribution is -2.49. The number of nitrogens with one attached hydrogen (secondary N) is 1. The molecule has 2 fully saturated rings. The van der Waals surface area contributed by atoms with Gasteiger partial charge in [-0.3, -0.25) is 0 Å². The van der Waals surface area contributed by atoms with Crippen molar-refractivity contribution >= 4 is 35.5 Å². The Morgan fingerprint density at radius 2 is 2.16 bits per heavy atom. The van der Waals surface area contributed by atoms with E-state index in [1.165, 1.54) is 29.5 Å². The number of urea groups is 1. The highest BCUT2D eigenvalue weighted by molar-refractivity contribution is 8.00. The SMILES string of the molecule is CSC1(CNC(=O)N2CSCC2C(=O)O)CCCC1. The molecule has 0 spiro atoms. The minimum Gasteiger partial charge on any atom is -0.480 e. The van der Waals surface area contributed by atoms with Crippen molar-refractivity contribution in [1.82, 2.24) is 10.2 Å². The lowest BCUT2D eigenvalue weighted by atomic mass is 10.1. The molecule has 0 bridgehead atoms. The van der Waals surface area contributed by atoms with Gasteiger partial charge in [-0.2, -0.15) is 11.8 Å². The van der Waals surface area contributed by atoms with Crippen LogP contribution in [0.15, 0.2) is 0 Å². The number of hydrogen-bond acceptors (Lipinski definition) is 4. The van der Waals surface area contributed by atoms with Gasteiger partial charge in [0.15, 0.2) is 0 Å². The lowest BCUT2D eigenvalue weighted by molar-refractivity contribution is -0.140. The van der Waals surface area contributed by atoms with Gasteiger partial charge in [-0.05, 0) is 19.1 Å². The Morgan fingerprint density at radius 3 is 2.74 bits per heavy atom. The minimum absolute atomic E-state index is 0.154. The molecule has 0 aromatic carbocycles. The van der Waals surface area contributed by atoms with E-state index in [-0.39, 0.29) is 10.8 Å². The standard InChI is InChI=1S/C12H20N2O3S2/c1-18-12(4-2-3-5-12)7-13-11(17)14-8-19-6-9(14)10(15)16/h9H,2-8H2,1H3,(H,13,17)(H,15,16). The number of carboxylic acid groups (broad SMARTS) is 1. The summed E-state index contributed by atoms with van der Waals surface area (Å²) in [6.07, 6.45) is 6.78. The molecule has 2 rings (SSSR count). The van der Waals surface area contributed by atoms with Crippen LogP contribution in [0.3, 0.4) is 0 Å². The largest absolute Gasteiger partial charge is 0.480 e. The van der Waals surface area contributed by atoms with Gasteiger partial charge in [-0.25, -0.2) is 9.59 Å². The number of nitrogens with zero attached hydrogens (tertiary/aromatic N) is 1. The molecule has 19 heavy (non-hydrogen) atoms. The maximum absolute atomic E-state index is 12.1. The van der Waals surface area contributed by atoms with Crippen molar-refractivity contribution in [3.63, 3.8) is 0 Å². The van der Waals surface area contributed by atoms with Gasteiger partial charge in [0.25, 0.3) is 0 Å². The van der Waals surface area contributed by atoms with Crippen LogP contribution in [0, 0.1) is 0 Å². The van der Waals surface area contributed by atoms with Crippen molar-refractivity contribution in [1.29, 1.82) is 0 Å². The van der Waals surface area contributed by atoms with Crippen LogP contribution in [-0.2, 0) is 4.79 Å². The fourth-order valence-corrected chi connectivity index (χ4v) is 4.72. The van der Waals surface area contributed by atoms with Crippen LogP contribution in [0.2, 0.25) is 0 Å². The molecular weight excluding hydrogens is 284 g/mol. The topological polar surface area (TPSA) is 69.6 Å². The quantitative estimate of drug-likeness (QED) is 0.829. The summed E-state index contributed by atoms with van der Waals surface area (Å²) < 4.78 is 0.154. The average molecular weight is 304 g/mol. The van der Waals surface area contributed by atoms with E-state index < -0.39 is 12.0 Å². The van der Waals surface area contributed by atoms with E-state index in [4.69, 9.17) is 5.11 Å². The van der Waals surface area contributed by atoms with Gasteiger partial charge in [-0.1, -0.05) is 12.8 Å². The molecule has 1 aliphatic carbocycles. The van der Waals surface area contributed by atoms with Gasteiger partial charge in [0.1, 0.15) is 6.04 Å². The zero-order chi connectivity index (χ0) is 13.9. The first-order chi connectivity index (χ1) is 9.08. The Balaban J connectivity index is 1.88. The molecule has 2 amide bonds. The van der Waals surface area contributed by atoms with E-state index in [0.717, 1.165) is 12.8 Å². The summed E-state index contributed by atoms with van der Waals surface area (Å²) in [7, 11) is 0. The molecule has 108 valence electrons. The number of rotatable bonds is 4. The number of carbonyl (C=O) groups is 2. The fraction of sp³-hybridized carbons (Fsp3) is 0.833. The van der Waals surface area contributed by atoms with Gasteiger partial charge >= 0.3 is 12.0 Å². The number of thioether (sulfide) groups is 2. The molecule has 5 nitrogen and oxygen atoms in total. The van der Waals surface area contributed by atoms with Gasteiger partial charge in [0.05, 0.1) is 5.88 Å². The predicted octanol–water partition coefficient (Wildman–Crippen LogP) is 1.83. The first-order valence-corrected chi connectivity index (χ1v) is 8.86. The second-order valence-corrected chi connectivity index (χ2v) is 7.35. The van der Waals surface area contributed by atoms with Crippen molar-refractivity contribution < 1.29 is 14.7 Å². The third-order valence-corrected chi connectivity index (χ3v) is 6.37. The number of hydrogen-bond donors (Lipinski definition) is 2. The average Bonchev–Trinajstić information content (AvgIpc) is 3.05. The van der Waals surface area contributed by atoms with E-state index in [9.17, 15) is 9.59 Å². The lowest BCUT2D eigenvalue weighted by Gasteiger charge is -2.29. The van der Waals surface area contributed by atoms with Gasteiger partial charge < -0.3 is 15.3 Å². The number of carboxylic acids is 1. The molecule has 0 radical (unpaired) electrons. The van der Waals surface area contributed by atoms with Crippen molar-refractivity contribution in [3.05, 3.63) is 0 Å². The smallest absolute Gasteiger partial charge is 0.327 e. The second kappa shape index (κ2) is 6.26. The van der Waals surface area contributed by atoms with Crippen LogP contribution in [0.5, 0.6) is 0 Å². The Bertz CT molecular complexity index is 359. The summed E-state index contributed by atoms with van der Waals surface area (Å²) in [6, 6.07) is -0.920. The molecule has 1 heterocycles. The van der Waals surface area contributed by atoms with Gasteiger partial charge in [0, 0.05) is 17.0 Å². The van der Waals surface area contributed by atoms with Crippen LogP contribution < -0.4 is 5.32 Å². The van der Waals surface area contributed by atoms with Crippen LogP contribution in [-0.4, -0.2) is 57.2 Å². The highest BCUT2D eigenvalue weighted by Gasteiger charge is 2.37. The maximum Gasteiger partial charge on any atom is 0.327 e. The van der Waals surface area contributed by atoms with E-state index in [1.54, 1.807) is 0 Å². The summed E-state index contributed by atoms with van der Waals surface area (Å²) in [5.41, 5.74) is 0. The molecule has 7 heteroatoms. The number of aliphatic carboxylic acids is 1. The summed E-state index contributed by atoms with van der Waals surface area (Å²) >= 11 is 3.31. The van der Waals surface area contributed by atoms with Crippen molar-refractivity contribution in [2.75, 3.05) is 24.4 Å². The summed E-state index contributed by atoms with van der Waals surface area (Å²) in [4.78, 5) is 24.6. The Kier molecular flexibility index (Phi) is 4.89. The van der Waals surface area contributed by atoms with E-state index in [0.29, 0.717) is 18.2 Å². The van der Waals surface area contributed by atoms with Gasteiger partial charge in [0.2, 0.25) is 0 Å². The van der Waals surface area contributed by atoms with Crippen LogP contribution in [0.4, 0.5) is 4.79 Å². The monoisotopic (exact) mass is 304 g/mol. The first-order valence-electron chi connectivity index (χ1n) is 6.48. The predicted molar refractivity (Wildman–Crippen MR) is 78.7 cm³/mol. The van der Waals surface area contributed by atoms with Crippen LogP contribution >= 0.6 is 23.5 Å². The molecule has 1 unspecified atom stereocenters. The summed E-state index contributed by atoms with van der Waals surface area (Å²) in [5, 5.41) is 12.0. The van der Waals surface area contributed by atoms with E-state index in [2.05, 4.69) is 11.6 Å². The maximum atomic E-state index is 12.1. The molecule has 1 saturated carbocycles. The van der Waals surface area contributed by atoms with Gasteiger partial charge in [-0.15, -0.1) is 11.8 Å². The third-order valence-electron chi connectivity index (χ3n) is 3.94. The summed E-state index contributed by atoms with van der Waals surface area (Å²) in [6.45, 7) is 0.639. The zero-order valence-corrected chi connectivity index (χ0v) is 12.7. The van der Waals surface area contributed by atoms with E-state index >= 15 is 0 Å². The zero-order valence-electron chi connectivity index (χ0n) is 11.1. The Hall–Kier alpha value is -0.560. The highest BCUT2D eigenvalue weighted by atomic mass is 32.2. The highest BCUT2D eigenvalue weighted by Crippen LogP contribution is 2.39. The Labute approximate surface area is 121 Å². The van der Waals surface area contributed by atoms with Crippen molar-refractivity contribution in [2.24, 2.45) is 0 Å². The number of carbonyl (C=O) groups excluding carboxylic acids is 1. The molecule has 2 aliphatic rings. The second-order valence-electron chi connectivity index (χ2n) is 5.08. The third kappa shape index (κ3) is 3.31. The molecule has 0 aromatic rings. The first kappa shape index (κ1) is 14.8.